The third-order valence-electron chi connectivity index (χ3n) is 3.31. The molecular formula is C15H23ClIN5O2S3. The molecule has 7 nitrogen and oxygen atoms in total. The van der Waals surface area contributed by atoms with Gasteiger partial charge in [-0.15, -0.1) is 46.7 Å². The van der Waals surface area contributed by atoms with E-state index in [1.54, 1.807) is 24.5 Å². The Morgan fingerprint density at radius 2 is 2.04 bits per heavy atom. The number of hydrogen-bond donors (Lipinski definition) is 3. The molecule has 0 aromatic carbocycles. The zero-order valence-corrected chi connectivity index (χ0v) is 20.7. The van der Waals surface area contributed by atoms with Gasteiger partial charge in [0.15, 0.2) is 5.96 Å². The van der Waals surface area contributed by atoms with Crippen molar-refractivity contribution in [2.75, 3.05) is 20.1 Å². The second-order valence-electron chi connectivity index (χ2n) is 5.63. The summed E-state index contributed by atoms with van der Waals surface area (Å²) in [6.07, 6.45) is 0. The van der Waals surface area contributed by atoms with Gasteiger partial charge in [0.2, 0.25) is 10.0 Å². The van der Waals surface area contributed by atoms with E-state index in [9.17, 15) is 8.42 Å². The summed E-state index contributed by atoms with van der Waals surface area (Å²) in [5, 5.41) is 9.27. The number of guanidine groups is 1. The van der Waals surface area contributed by atoms with Gasteiger partial charge < -0.3 is 10.6 Å². The Bertz CT molecular complexity index is 851. The predicted molar refractivity (Wildman–Crippen MR) is 124 cm³/mol. The molecule has 0 aliphatic rings. The van der Waals surface area contributed by atoms with Gasteiger partial charge in [0, 0.05) is 25.5 Å². The van der Waals surface area contributed by atoms with Crippen molar-refractivity contribution in [3.05, 3.63) is 32.6 Å². The number of thiazole rings is 1. The largest absolute Gasteiger partial charge is 0.355 e. The Kier molecular flexibility index (Phi) is 10.5. The molecule has 0 saturated heterocycles. The lowest BCUT2D eigenvalue weighted by Crippen LogP contribution is -2.41. The molecule has 0 aliphatic carbocycles. The lowest BCUT2D eigenvalue weighted by atomic mass is 10.2. The van der Waals surface area contributed by atoms with Crippen LogP contribution in [0.2, 0.25) is 4.34 Å². The zero-order valence-electron chi connectivity index (χ0n) is 15.2. The van der Waals surface area contributed by atoms with Gasteiger partial charge in [-0.05, 0) is 18.1 Å². The predicted octanol–water partition coefficient (Wildman–Crippen LogP) is 3.24. The van der Waals surface area contributed by atoms with E-state index in [4.69, 9.17) is 11.6 Å². The van der Waals surface area contributed by atoms with Crippen LogP contribution in [0, 0.1) is 0 Å². The van der Waals surface area contributed by atoms with Crippen molar-refractivity contribution in [1.29, 1.82) is 0 Å². The smallest absolute Gasteiger partial charge is 0.250 e. The van der Waals surface area contributed by atoms with Gasteiger partial charge in [0.25, 0.3) is 0 Å². The fraction of sp³-hybridized carbons (Fsp3) is 0.467. The third kappa shape index (κ3) is 7.81. The van der Waals surface area contributed by atoms with Gasteiger partial charge in [0.1, 0.15) is 9.22 Å². The molecule has 12 heteroatoms. The normalized spacial score (nSPS) is 12.1. The van der Waals surface area contributed by atoms with Crippen molar-refractivity contribution in [2.24, 2.45) is 4.99 Å². The van der Waals surface area contributed by atoms with Gasteiger partial charge >= 0.3 is 0 Å². The van der Waals surface area contributed by atoms with Crippen molar-refractivity contribution in [3.63, 3.8) is 0 Å². The van der Waals surface area contributed by atoms with E-state index in [0.29, 0.717) is 29.3 Å². The number of thiophene rings is 1. The van der Waals surface area contributed by atoms with E-state index in [1.165, 1.54) is 6.07 Å². The van der Waals surface area contributed by atoms with Crippen molar-refractivity contribution >= 4 is 74.2 Å². The Labute approximate surface area is 190 Å². The molecule has 0 radical (unpaired) electrons. The van der Waals surface area contributed by atoms with Crippen LogP contribution >= 0.6 is 58.3 Å². The number of nitrogens with one attached hydrogen (secondary N) is 3. The van der Waals surface area contributed by atoms with Crippen LogP contribution in [0.4, 0.5) is 0 Å². The summed E-state index contributed by atoms with van der Waals surface area (Å²) in [6, 6.07) is 3.05. The summed E-state index contributed by atoms with van der Waals surface area (Å²) in [4.78, 5) is 8.67. The molecule has 0 bridgehead atoms. The van der Waals surface area contributed by atoms with E-state index >= 15 is 0 Å². The molecule has 0 aliphatic heterocycles. The standard InChI is InChI=1S/C15H22ClN5O2S3.HI/c1-10(2)11-9-24-13(21-11)8-19-15(17-3)18-6-7-20-26(22,23)14-5-4-12(16)25-14;/h4-5,9-10,20H,6-8H2,1-3H3,(H2,17,18,19);1H. The van der Waals surface area contributed by atoms with Crippen LogP contribution in [0.25, 0.3) is 0 Å². The molecule has 0 saturated carbocycles. The Hall–Kier alpha value is -0.470. The highest BCUT2D eigenvalue weighted by molar-refractivity contribution is 14.0. The summed E-state index contributed by atoms with van der Waals surface area (Å²) < 4.78 is 27.3. The van der Waals surface area contributed by atoms with E-state index in [1.807, 2.05) is 0 Å². The molecule has 0 atom stereocenters. The minimum absolute atomic E-state index is 0. The molecular weight excluding hydrogens is 541 g/mol. The topological polar surface area (TPSA) is 95.5 Å². The highest BCUT2D eigenvalue weighted by Crippen LogP contribution is 2.25. The van der Waals surface area contributed by atoms with Gasteiger partial charge in [0.05, 0.1) is 16.6 Å². The van der Waals surface area contributed by atoms with Crippen LogP contribution in [0.3, 0.4) is 0 Å². The van der Waals surface area contributed by atoms with Gasteiger partial charge in [-0.25, -0.2) is 18.1 Å². The molecule has 0 spiro atoms. The third-order valence-corrected chi connectivity index (χ3v) is 7.37. The van der Waals surface area contributed by atoms with Crippen LogP contribution in [0.1, 0.15) is 30.5 Å². The van der Waals surface area contributed by atoms with Crippen LogP contribution in [0.15, 0.2) is 26.7 Å². The molecule has 2 rings (SSSR count). The molecule has 0 amide bonds. The van der Waals surface area contributed by atoms with Crippen molar-refractivity contribution in [3.8, 4) is 0 Å². The Morgan fingerprint density at radius 3 is 2.59 bits per heavy atom. The number of rotatable bonds is 8. The summed E-state index contributed by atoms with van der Waals surface area (Å²) in [5.74, 6) is 0.994. The molecule has 27 heavy (non-hydrogen) atoms. The molecule has 0 fully saturated rings. The van der Waals surface area contributed by atoms with Crippen LogP contribution in [0.5, 0.6) is 0 Å². The molecule has 152 valence electrons. The zero-order chi connectivity index (χ0) is 19.2. The van der Waals surface area contributed by atoms with Crippen LogP contribution in [-0.4, -0.2) is 39.5 Å². The molecule has 0 unspecified atom stereocenters. The summed E-state index contributed by atoms with van der Waals surface area (Å²) in [5.41, 5.74) is 1.08. The number of sulfonamides is 1. The number of aromatic nitrogens is 1. The number of hydrogen-bond acceptors (Lipinski definition) is 6. The van der Waals surface area contributed by atoms with E-state index in [-0.39, 0.29) is 34.7 Å². The first-order chi connectivity index (χ1) is 12.3. The first kappa shape index (κ1) is 24.6. The maximum absolute atomic E-state index is 12.1. The highest BCUT2D eigenvalue weighted by Gasteiger charge is 2.15. The SMILES string of the molecule is CN=C(NCCNS(=O)(=O)c1ccc(Cl)s1)NCc1nc(C(C)C)cs1.I. The monoisotopic (exact) mass is 563 g/mol. The minimum Gasteiger partial charge on any atom is -0.355 e. The quantitative estimate of drug-likeness (QED) is 0.198. The van der Waals surface area contributed by atoms with E-state index in [0.717, 1.165) is 22.0 Å². The highest BCUT2D eigenvalue weighted by atomic mass is 127. The molecule has 2 heterocycles. The van der Waals surface area contributed by atoms with Gasteiger partial charge in [-0.3, -0.25) is 4.99 Å². The van der Waals surface area contributed by atoms with Crippen LogP contribution < -0.4 is 15.4 Å². The fourth-order valence-corrected chi connectivity index (χ4v) is 5.39. The van der Waals surface area contributed by atoms with E-state index in [2.05, 4.69) is 44.6 Å². The second kappa shape index (κ2) is 11.5. The maximum Gasteiger partial charge on any atom is 0.250 e. The number of halogens is 2. The van der Waals surface area contributed by atoms with E-state index < -0.39 is 10.0 Å². The maximum atomic E-state index is 12.1. The first-order valence-electron chi connectivity index (χ1n) is 7.95. The summed E-state index contributed by atoms with van der Waals surface area (Å²) in [7, 11) is -1.87. The van der Waals surface area contributed by atoms with Crippen LogP contribution in [-0.2, 0) is 16.6 Å². The Morgan fingerprint density at radius 1 is 1.30 bits per heavy atom. The average Bonchev–Trinajstić information content (AvgIpc) is 3.23. The number of aliphatic imine (C=N–C) groups is 1. The lowest BCUT2D eigenvalue weighted by Gasteiger charge is -2.11. The van der Waals surface area contributed by atoms with Crippen molar-refractivity contribution < 1.29 is 8.42 Å². The number of nitrogens with zero attached hydrogens (tertiary/aromatic N) is 2. The fourth-order valence-electron chi connectivity index (χ4n) is 1.93. The minimum atomic E-state index is -3.53. The summed E-state index contributed by atoms with van der Waals surface area (Å²) >= 11 is 8.41. The van der Waals surface area contributed by atoms with Crippen molar-refractivity contribution in [1.82, 2.24) is 20.3 Å². The molecule has 2 aromatic rings. The Balaban J connectivity index is 0.00000364. The molecule has 2 aromatic heterocycles. The lowest BCUT2D eigenvalue weighted by molar-refractivity contribution is 0.582. The second-order valence-corrected chi connectivity index (χ2v) is 10.3. The first-order valence-corrected chi connectivity index (χ1v) is 11.5. The summed E-state index contributed by atoms with van der Waals surface area (Å²) in [6.45, 7) is 5.41. The molecule has 3 N–H and O–H groups in total. The average molecular weight is 564 g/mol. The van der Waals surface area contributed by atoms with Gasteiger partial charge in [-0.2, -0.15) is 0 Å². The van der Waals surface area contributed by atoms with Crippen molar-refractivity contribution in [2.45, 2.75) is 30.5 Å². The van der Waals surface area contributed by atoms with Gasteiger partial charge in [-0.1, -0.05) is 25.4 Å².